The highest BCUT2D eigenvalue weighted by molar-refractivity contribution is 8.00. The van der Waals surface area contributed by atoms with Crippen LogP contribution in [0.2, 0.25) is 0 Å². The molecule has 100 valence electrons. The Balaban J connectivity index is 2.23. The molecule has 0 fully saturated rings. The van der Waals surface area contributed by atoms with Crippen LogP contribution in [0.5, 0.6) is 0 Å². The van der Waals surface area contributed by atoms with Crippen LogP contribution in [-0.4, -0.2) is 29.4 Å². The van der Waals surface area contributed by atoms with E-state index in [1.807, 2.05) is 6.92 Å². The molecular weight excluding hydrogens is 253 g/mol. The van der Waals surface area contributed by atoms with E-state index in [2.05, 4.69) is 5.32 Å². The Bertz CT molecular complexity index is 387. The second-order valence-electron chi connectivity index (χ2n) is 3.92. The molecule has 1 unspecified atom stereocenters. The van der Waals surface area contributed by atoms with Gasteiger partial charge in [-0.15, -0.1) is 11.8 Å². The second-order valence-corrected chi connectivity index (χ2v) is 4.94. The van der Waals surface area contributed by atoms with Crippen LogP contribution in [0.25, 0.3) is 0 Å². The average molecular weight is 271 g/mol. The number of amides is 1. The van der Waals surface area contributed by atoms with Crippen molar-refractivity contribution in [3.05, 3.63) is 30.1 Å². The van der Waals surface area contributed by atoms with E-state index in [9.17, 15) is 14.3 Å². The van der Waals surface area contributed by atoms with Crippen LogP contribution in [0, 0.1) is 5.82 Å². The lowest BCUT2D eigenvalue weighted by molar-refractivity contribution is -0.118. The minimum Gasteiger partial charge on any atom is -0.393 e. The summed E-state index contributed by atoms with van der Waals surface area (Å²) in [4.78, 5) is 11.9. The molecule has 0 aliphatic carbocycles. The van der Waals surface area contributed by atoms with Crippen LogP contribution >= 0.6 is 11.8 Å². The predicted octanol–water partition coefficient (Wildman–Crippen LogP) is 2.20. The molecular formula is C13H18FNO2S. The summed E-state index contributed by atoms with van der Waals surface area (Å²) in [6.45, 7) is 2.34. The molecule has 0 radical (unpaired) electrons. The lowest BCUT2D eigenvalue weighted by Crippen LogP contribution is -2.28. The van der Waals surface area contributed by atoms with Gasteiger partial charge in [0.05, 0.1) is 11.9 Å². The van der Waals surface area contributed by atoms with Gasteiger partial charge in [-0.25, -0.2) is 4.39 Å². The van der Waals surface area contributed by atoms with Crippen molar-refractivity contribution in [2.24, 2.45) is 0 Å². The van der Waals surface area contributed by atoms with E-state index in [4.69, 9.17) is 0 Å². The number of hydrogen-bond donors (Lipinski definition) is 2. The maximum absolute atomic E-state index is 13.3. The summed E-state index contributed by atoms with van der Waals surface area (Å²) in [6, 6.07) is 6.37. The molecule has 1 rings (SSSR count). The standard InChI is InChI=1S/C13H18FNO2S/c1-2-10(16)7-8-15-13(17)9-18-12-6-4-3-5-11(12)14/h3-6,10,16H,2,7-9H2,1H3,(H,15,17). The quantitative estimate of drug-likeness (QED) is 0.747. The van der Waals surface area contributed by atoms with Crippen molar-refractivity contribution in [2.45, 2.75) is 30.8 Å². The van der Waals surface area contributed by atoms with Gasteiger partial charge in [0.15, 0.2) is 0 Å². The van der Waals surface area contributed by atoms with Gasteiger partial charge in [-0.1, -0.05) is 19.1 Å². The zero-order valence-electron chi connectivity index (χ0n) is 10.4. The number of carbonyl (C=O) groups excluding carboxylic acids is 1. The number of thioether (sulfide) groups is 1. The summed E-state index contributed by atoms with van der Waals surface area (Å²) in [5, 5.41) is 12.0. The van der Waals surface area contributed by atoms with E-state index >= 15 is 0 Å². The molecule has 2 N–H and O–H groups in total. The first-order valence-electron chi connectivity index (χ1n) is 5.95. The summed E-state index contributed by atoms with van der Waals surface area (Å²) in [5.74, 6) is -0.272. The Morgan fingerprint density at radius 3 is 2.89 bits per heavy atom. The molecule has 0 saturated carbocycles. The lowest BCUT2D eigenvalue weighted by atomic mass is 10.2. The minimum atomic E-state index is -0.371. The van der Waals surface area contributed by atoms with Gasteiger partial charge in [0.25, 0.3) is 0 Å². The van der Waals surface area contributed by atoms with Crippen LogP contribution in [-0.2, 0) is 4.79 Å². The SMILES string of the molecule is CCC(O)CCNC(=O)CSc1ccccc1F. The molecule has 0 bridgehead atoms. The van der Waals surface area contributed by atoms with E-state index in [1.54, 1.807) is 18.2 Å². The van der Waals surface area contributed by atoms with Gasteiger partial charge in [0.1, 0.15) is 5.82 Å². The predicted molar refractivity (Wildman–Crippen MR) is 71.0 cm³/mol. The van der Waals surface area contributed by atoms with Gasteiger partial charge >= 0.3 is 0 Å². The summed E-state index contributed by atoms with van der Waals surface area (Å²) < 4.78 is 13.3. The lowest BCUT2D eigenvalue weighted by Gasteiger charge is -2.08. The summed E-state index contributed by atoms with van der Waals surface area (Å²) >= 11 is 1.17. The van der Waals surface area contributed by atoms with Crippen molar-refractivity contribution in [1.29, 1.82) is 0 Å². The highest BCUT2D eigenvalue weighted by Gasteiger charge is 2.06. The van der Waals surface area contributed by atoms with Crippen LogP contribution in [0.15, 0.2) is 29.2 Å². The fourth-order valence-electron chi connectivity index (χ4n) is 1.34. The molecule has 0 spiro atoms. The molecule has 0 heterocycles. The van der Waals surface area contributed by atoms with E-state index in [-0.39, 0.29) is 23.6 Å². The van der Waals surface area contributed by atoms with Crippen molar-refractivity contribution in [3.8, 4) is 0 Å². The largest absolute Gasteiger partial charge is 0.393 e. The topological polar surface area (TPSA) is 49.3 Å². The highest BCUT2D eigenvalue weighted by atomic mass is 32.2. The summed E-state index contributed by atoms with van der Waals surface area (Å²) in [5.41, 5.74) is 0. The number of benzene rings is 1. The number of aliphatic hydroxyl groups is 1. The molecule has 1 aromatic rings. The van der Waals surface area contributed by atoms with Crippen LogP contribution in [0.4, 0.5) is 4.39 Å². The molecule has 1 amide bonds. The van der Waals surface area contributed by atoms with Crippen molar-refractivity contribution in [1.82, 2.24) is 5.32 Å². The number of halogens is 1. The maximum atomic E-state index is 13.3. The van der Waals surface area contributed by atoms with E-state index in [1.165, 1.54) is 17.8 Å². The Morgan fingerprint density at radius 2 is 2.22 bits per heavy atom. The third-order valence-corrected chi connectivity index (χ3v) is 3.52. The zero-order chi connectivity index (χ0) is 13.4. The number of rotatable bonds is 7. The zero-order valence-corrected chi connectivity index (χ0v) is 11.2. The summed E-state index contributed by atoms with van der Waals surface area (Å²) in [7, 11) is 0. The fraction of sp³-hybridized carbons (Fsp3) is 0.462. The monoisotopic (exact) mass is 271 g/mol. The molecule has 18 heavy (non-hydrogen) atoms. The molecule has 0 saturated heterocycles. The second kappa shape index (κ2) is 8.11. The number of aliphatic hydroxyl groups excluding tert-OH is 1. The number of nitrogens with one attached hydrogen (secondary N) is 1. The van der Waals surface area contributed by atoms with Crippen LogP contribution < -0.4 is 5.32 Å². The van der Waals surface area contributed by atoms with Gasteiger partial charge in [-0.05, 0) is 25.0 Å². The average Bonchev–Trinajstić information content (AvgIpc) is 2.37. The third-order valence-electron chi connectivity index (χ3n) is 2.47. The molecule has 0 aliphatic heterocycles. The molecule has 0 aromatic heterocycles. The molecule has 1 atom stereocenters. The number of carbonyl (C=O) groups is 1. The van der Waals surface area contributed by atoms with Gasteiger partial charge in [0, 0.05) is 11.4 Å². The van der Waals surface area contributed by atoms with E-state index in [0.717, 1.165) is 0 Å². The molecule has 1 aromatic carbocycles. The summed E-state index contributed by atoms with van der Waals surface area (Å²) in [6.07, 6.45) is 0.858. The number of hydrogen-bond acceptors (Lipinski definition) is 3. The van der Waals surface area contributed by atoms with E-state index < -0.39 is 0 Å². The van der Waals surface area contributed by atoms with Gasteiger partial charge in [0.2, 0.25) is 5.91 Å². The van der Waals surface area contributed by atoms with E-state index in [0.29, 0.717) is 24.3 Å². The minimum absolute atomic E-state index is 0.147. The Kier molecular flexibility index (Phi) is 6.75. The normalized spacial score (nSPS) is 12.2. The Labute approximate surface area is 111 Å². The highest BCUT2D eigenvalue weighted by Crippen LogP contribution is 2.20. The van der Waals surface area contributed by atoms with Crippen LogP contribution in [0.1, 0.15) is 19.8 Å². The first-order chi connectivity index (χ1) is 8.63. The van der Waals surface area contributed by atoms with Gasteiger partial charge < -0.3 is 10.4 Å². The van der Waals surface area contributed by atoms with Gasteiger partial charge in [-0.3, -0.25) is 4.79 Å². The third kappa shape index (κ3) is 5.51. The first kappa shape index (κ1) is 15.0. The van der Waals surface area contributed by atoms with Crippen LogP contribution in [0.3, 0.4) is 0 Å². The first-order valence-corrected chi connectivity index (χ1v) is 6.94. The van der Waals surface area contributed by atoms with Crippen molar-refractivity contribution >= 4 is 17.7 Å². The van der Waals surface area contributed by atoms with Gasteiger partial charge in [-0.2, -0.15) is 0 Å². The van der Waals surface area contributed by atoms with Crippen molar-refractivity contribution in [2.75, 3.05) is 12.3 Å². The van der Waals surface area contributed by atoms with Crippen molar-refractivity contribution in [3.63, 3.8) is 0 Å². The molecule has 3 nitrogen and oxygen atoms in total. The molecule has 0 aliphatic rings. The molecule has 5 heteroatoms. The smallest absolute Gasteiger partial charge is 0.230 e. The maximum Gasteiger partial charge on any atom is 0.230 e. The Hall–Kier alpha value is -1.07. The van der Waals surface area contributed by atoms with Crippen molar-refractivity contribution < 1.29 is 14.3 Å². The Morgan fingerprint density at radius 1 is 1.50 bits per heavy atom. The fourth-order valence-corrected chi connectivity index (χ4v) is 2.11.